The van der Waals surface area contributed by atoms with E-state index in [-0.39, 0.29) is 33.1 Å². The normalized spacial score (nSPS) is 15.8. The van der Waals surface area contributed by atoms with Crippen molar-refractivity contribution in [3.8, 4) is 5.75 Å². The minimum Gasteiger partial charge on any atom is -0.478 e. The summed E-state index contributed by atoms with van der Waals surface area (Å²) < 4.78 is 25.8. The maximum atomic E-state index is 14.0. The third kappa shape index (κ3) is 4.44. The maximum Gasteiger partial charge on any atom is 0.242 e. The number of hydrogen-bond donors (Lipinski definition) is 3. The monoisotopic (exact) mass is 508 g/mol. The third-order valence-corrected chi connectivity index (χ3v) is 6.48. The number of halogens is 3. The van der Waals surface area contributed by atoms with E-state index in [1.807, 2.05) is 6.08 Å². The molecular formula is C23H23Cl2FN4O4. The van der Waals surface area contributed by atoms with Gasteiger partial charge in [-0.15, -0.1) is 0 Å². The fourth-order valence-electron chi connectivity index (χ4n) is 3.92. The summed E-state index contributed by atoms with van der Waals surface area (Å²) in [6, 6.07) is 1.65. The third-order valence-electron chi connectivity index (χ3n) is 5.76. The van der Waals surface area contributed by atoms with Crippen LogP contribution < -0.4 is 16.2 Å². The number of amides is 1. The van der Waals surface area contributed by atoms with E-state index < -0.39 is 24.6 Å². The number of nitrogens with zero attached hydrogens (tertiary/aromatic N) is 2. The van der Waals surface area contributed by atoms with Crippen LogP contribution in [0.15, 0.2) is 35.1 Å². The summed E-state index contributed by atoms with van der Waals surface area (Å²) in [6.45, 7) is 2.07. The first-order chi connectivity index (χ1) is 16.2. The number of aliphatic hydroxyl groups excluding tert-OH is 1. The number of pyridine rings is 1. The van der Waals surface area contributed by atoms with E-state index in [1.165, 1.54) is 12.1 Å². The van der Waals surface area contributed by atoms with Crippen LogP contribution in [-0.4, -0.2) is 46.6 Å². The Hall–Kier alpha value is -2.85. The average Bonchev–Trinajstić information content (AvgIpc) is 3.27. The molecule has 0 saturated carbocycles. The Morgan fingerprint density at radius 2 is 2.18 bits per heavy atom. The summed E-state index contributed by atoms with van der Waals surface area (Å²) >= 11 is 12.3. The van der Waals surface area contributed by atoms with Gasteiger partial charge in [-0.25, -0.2) is 9.37 Å². The lowest BCUT2D eigenvalue weighted by Gasteiger charge is -2.28. The predicted octanol–water partition coefficient (Wildman–Crippen LogP) is 3.93. The molecule has 5 N–H and O–H groups in total. The number of anilines is 1. The SMILES string of the molecule is C[C@@H](Oc1c(N)ncc2c(C3=CCN(C(=O)[C@@H](N)CO)CC3)coc12)c1c(Cl)ccc(F)c1Cl. The van der Waals surface area contributed by atoms with Gasteiger partial charge < -0.3 is 30.6 Å². The highest BCUT2D eigenvalue weighted by Crippen LogP contribution is 2.41. The molecule has 1 aliphatic heterocycles. The molecule has 0 unspecified atom stereocenters. The van der Waals surface area contributed by atoms with Crippen LogP contribution in [0.25, 0.3) is 16.5 Å². The van der Waals surface area contributed by atoms with Crippen molar-refractivity contribution < 1.29 is 23.4 Å². The number of aromatic nitrogens is 1. The van der Waals surface area contributed by atoms with Gasteiger partial charge in [0.2, 0.25) is 11.7 Å². The number of aliphatic hydroxyl groups is 1. The van der Waals surface area contributed by atoms with Gasteiger partial charge >= 0.3 is 0 Å². The van der Waals surface area contributed by atoms with Gasteiger partial charge in [0.25, 0.3) is 0 Å². The van der Waals surface area contributed by atoms with E-state index >= 15 is 0 Å². The predicted molar refractivity (Wildman–Crippen MR) is 128 cm³/mol. The van der Waals surface area contributed by atoms with Gasteiger partial charge in [0.15, 0.2) is 11.4 Å². The van der Waals surface area contributed by atoms with Crippen molar-refractivity contribution in [2.75, 3.05) is 25.4 Å². The van der Waals surface area contributed by atoms with Gasteiger partial charge in [-0.2, -0.15) is 0 Å². The molecule has 0 fully saturated rings. The lowest BCUT2D eigenvalue weighted by molar-refractivity contribution is -0.133. The van der Waals surface area contributed by atoms with Crippen LogP contribution in [0.3, 0.4) is 0 Å². The molecule has 3 heterocycles. The zero-order valence-corrected chi connectivity index (χ0v) is 19.7. The number of carbonyl (C=O) groups excluding carboxylic acids is 1. The summed E-state index contributed by atoms with van der Waals surface area (Å²) in [5.41, 5.74) is 14.1. The first-order valence-electron chi connectivity index (χ1n) is 10.5. The van der Waals surface area contributed by atoms with E-state index in [9.17, 15) is 9.18 Å². The molecule has 0 radical (unpaired) electrons. The van der Waals surface area contributed by atoms with Crippen molar-refractivity contribution in [2.24, 2.45) is 5.73 Å². The Bertz CT molecular complexity index is 1280. The van der Waals surface area contributed by atoms with Crippen molar-refractivity contribution in [3.63, 3.8) is 0 Å². The van der Waals surface area contributed by atoms with Crippen molar-refractivity contribution in [3.05, 3.63) is 57.7 Å². The minimum absolute atomic E-state index is 0.0938. The first-order valence-corrected chi connectivity index (χ1v) is 11.3. The van der Waals surface area contributed by atoms with Crippen LogP contribution in [0.2, 0.25) is 10.0 Å². The maximum absolute atomic E-state index is 14.0. The zero-order chi connectivity index (χ0) is 24.6. The number of fused-ring (bicyclic) bond motifs is 1. The fraction of sp³-hybridized carbons (Fsp3) is 0.304. The van der Waals surface area contributed by atoms with Crippen molar-refractivity contribution in [2.45, 2.75) is 25.5 Å². The molecule has 34 heavy (non-hydrogen) atoms. The molecule has 11 heteroatoms. The summed E-state index contributed by atoms with van der Waals surface area (Å²) in [5, 5.41) is 9.91. The average molecular weight is 509 g/mol. The van der Waals surface area contributed by atoms with Crippen LogP contribution in [0.4, 0.5) is 10.2 Å². The Morgan fingerprint density at radius 3 is 2.85 bits per heavy atom. The summed E-state index contributed by atoms with van der Waals surface area (Å²) in [4.78, 5) is 18.0. The molecule has 1 aromatic carbocycles. The summed E-state index contributed by atoms with van der Waals surface area (Å²) in [7, 11) is 0. The molecule has 3 aromatic rings. The van der Waals surface area contributed by atoms with Gasteiger partial charge in [-0.05, 0) is 31.1 Å². The molecule has 4 rings (SSSR count). The van der Waals surface area contributed by atoms with Crippen LogP contribution in [-0.2, 0) is 4.79 Å². The highest BCUT2D eigenvalue weighted by atomic mass is 35.5. The number of hydrogen-bond acceptors (Lipinski definition) is 7. The van der Waals surface area contributed by atoms with Gasteiger partial charge in [-0.1, -0.05) is 29.3 Å². The van der Waals surface area contributed by atoms with E-state index in [2.05, 4.69) is 4.98 Å². The summed E-state index contributed by atoms with van der Waals surface area (Å²) in [5.74, 6) is -0.632. The van der Waals surface area contributed by atoms with Gasteiger partial charge in [0, 0.05) is 35.4 Å². The molecule has 0 aliphatic carbocycles. The number of ether oxygens (including phenoxy) is 1. The Labute approximate surface area is 204 Å². The highest BCUT2D eigenvalue weighted by molar-refractivity contribution is 6.36. The molecule has 2 atom stereocenters. The lowest BCUT2D eigenvalue weighted by Crippen LogP contribution is -2.47. The Kier molecular flexibility index (Phi) is 6.99. The van der Waals surface area contributed by atoms with E-state index in [1.54, 1.807) is 24.3 Å². The quantitative estimate of drug-likeness (QED) is 0.430. The molecule has 0 spiro atoms. The first kappa shape index (κ1) is 24.3. The second-order valence-corrected chi connectivity index (χ2v) is 8.72. The lowest BCUT2D eigenvalue weighted by atomic mass is 9.99. The van der Waals surface area contributed by atoms with Crippen LogP contribution in [0.5, 0.6) is 5.75 Å². The number of furan rings is 1. The molecular weight excluding hydrogens is 486 g/mol. The topological polar surface area (TPSA) is 128 Å². The van der Waals surface area contributed by atoms with E-state index in [0.717, 1.165) is 11.1 Å². The van der Waals surface area contributed by atoms with E-state index in [0.29, 0.717) is 30.5 Å². The second kappa shape index (κ2) is 9.79. The largest absolute Gasteiger partial charge is 0.478 e. The van der Waals surface area contributed by atoms with Gasteiger partial charge in [-0.3, -0.25) is 4.79 Å². The molecule has 0 saturated heterocycles. The Morgan fingerprint density at radius 1 is 1.41 bits per heavy atom. The smallest absolute Gasteiger partial charge is 0.242 e. The molecule has 8 nitrogen and oxygen atoms in total. The number of rotatable bonds is 6. The van der Waals surface area contributed by atoms with Gasteiger partial charge in [0.05, 0.1) is 23.3 Å². The fourth-order valence-corrected chi connectivity index (χ4v) is 4.60. The van der Waals surface area contributed by atoms with E-state index in [4.69, 9.17) is 48.9 Å². The van der Waals surface area contributed by atoms with Crippen LogP contribution in [0.1, 0.15) is 30.6 Å². The number of nitrogens with two attached hydrogens (primary N) is 2. The number of nitrogen functional groups attached to an aromatic ring is 1. The van der Waals surface area contributed by atoms with Crippen LogP contribution >= 0.6 is 23.2 Å². The van der Waals surface area contributed by atoms with Crippen molar-refractivity contribution >= 4 is 51.5 Å². The number of benzene rings is 1. The molecule has 1 aliphatic rings. The van der Waals surface area contributed by atoms with Crippen molar-refractivity contribution in [1.29, 1.82) is 0 Å². The second-order valence-electron chi connectivity index (χ2n) is 7.93. The zero-order valence-electron chi connectivity index (χ0n) is 18.2. The van der Waals surface area contributed by atoms with Crippen molar-refractivity contribution in [1.82, 2.24) is 9.88 Å². The summed E-state index contributed by atoms with van der Waals surface area (Å²) in [6.07, 6.45) is 4.88. The Balaban J connectivity index is 1.63. The highest BCUT2D eigenvalue weighted by Gasteiger charge is 2.26. The molecule has 0 bridgehead atoms. The minimum atomic E-state index is -0.932. The standard InChI is InChI=1S/C23H23Cl2FN4O4/c1-11(18-15(24)2-3-16(26)19(18)25)34-21-20-13(8-29-22(21)28)14(10-33-20)12-4-6-30(7-5-12)23(32)17(27)9-31/h2-4,8,10-11,17,31H,5-7,9,27H2,1H3,(H2,28,29)/t11-,17+/m1/s1. The van der Waals surface area contributed by atoms with Crippen LogP contribution in [0, 0.1) is 5.82 Å². The van der Waals surface area contributed by atoms with Gasteiger partial charge in [0.1, 0.15) is 18.0 Å². The molecule has 1 amide bonds. The molecule has 2 aromatic heterocycles. The molecule has 180 valence electrons. The number of carbonyl (C=O) groups is 1.